The lowest BCUT2D eigenvalue weighted by atomic mass is 9.87. The lowest BCUT2D eigenvalue weighted by Crippen LogP contribution is -2.47. The summed E-state index contributed by atoms with van der Waals surface area (Å²) in [5.41, 5.74) is -0.0515. The molecule has 1 aromatic rings. The summed E-state index contributed by atoms with van der Waals surface area (Å²) in [6.45, 7) is 3.01. The number of carbonyl (C=O) groups excluding carboxylic acids is 1. The van der Waals surface area contributed by atoms with Crippen molar-refractivity contribution in [3.05, 3.63) is 18.5 Å². The van der Waals surface area contributed by atoms with Crippen molar-refractivity contribution in [2.45, 2.75) is 30.9 Å². The molecule has 0 aromatic carbocycles. The van der Waals surface area contributed by atoms with Crippen molar-refractivity contribution in [3.63, 3.8) is 0 Å². The van der Waals surface area contributed by atoms with Gasteiger partial charge in [-0.3, -0.25) is 9.69 Å². The van der Waals surface area contributed by atoms with Gasteiger partial charge in [0.05, 0.1) is 24.8 Å². The van der Waals surface area contributed by atoms with Gasteiger partial charge in [-0.25, -0.2) is 9.97 Å². The Hall–Kier alpha value is -1.73. The van der Waals surface area contributed by atoms with Crippen molar-refractivity contribution in [1.82, 2.24) is 19.8 Å². The molecule has 2 fully saturated rings. The molecule has 1 aromatic heterocycles. The first-order valence-corrected chi connectivity index (χ1v) is 8.16. The molecule has 2 aliphatic rings. The van der Waals surface area contributed by atoms with E-state index in [-0.39, 0.29) is 17.6 Å². The molecule has 0 aliphatic carbocycles. The molecule has 0 unspecified atom stereocenters. The average molecular weight is 319 g/mol. The minimum absolute atomic E-state index is 0.0515. The normalized spacial score (nSPS) is 23.8. The Labute approximate surface area is 137 Å². The van der Waals surface area contributed by atoms with Gasteiger partial charge in [-0.05, 0) is 25.3 Å². The number of hydrogen-bond donors (Lipinski definition) is 1. The minimum atomic E-state index is -0.0515. The van der Waals surface area contributed by atoms with Gasteiger partial charge < -0.3 is 15.0 Å². The van der Waals surface area contributed by atoms with Crippen molar-refractivity contribution in [1.29, 1.82) is 0 Å². The number of nitrogens with one attached hydrogen (secondary N) is 1. The molecule has 2 aliphatic heterocycles. The molecular formula is C16H25N5O2. The molecule has 0 saturated carbocycles. The fraction of sp³-hybridized carbons (Fsp3) is 0.688. The fourth-order valence-electron chi connectivity index (χ4n) is 3.29. The molecule has 3 rings (SSSR count). The van der Waals surface area contributed by atoms with Crippen LogP contribution < -0.4 is 5.32 Å². The Kier molecular flexibility index (Phi) is 4.77. The van der Waals surface area contributed by atoms with Crippen LogP contribution in [0.3, 0.4) is 0 Å². The van der Waals surface area contributed by atoms with E-state index in [1.165, 1.54) is 0 Å². The number of carbonyl (C=O) groups is 1. The van der Waals surface area contributed by atoms with Crippen LogP contribution in [0.15, 0.2) is 18.5 Å². The molecule has 0 radical (unpaired) electrons. The fourth-order valence-corrected chi connectivity index (χ4v) is 3.29. The number of nitrogens with zero attached hydrogens (tertiary/aromatic N) is 4. The number of aromatic nitrogens is 2. The molecule has 7 nitrogen and oxygen atoms in total. The summed E-state index contributed by atoms with van der Waals surface area (Å²) in [6, 6.07) is 2.06. The molecule has 0 bridgehead atoms. The average Bonchev–Trinajstić information content (AvgIpc) is 2.93. The topological polar surface area (TPSA) is 70.6 Å². The summed E-state index contributed by atoms with van der Waals surface area (Å²) in [6.07, 6.45) is 6.39. The molecule has 1 N–H and O–H groups in total. The maximum atomic E-state index is 11.8. The van der Waals surface area contributed by atoms with Gasteiger partial charge in [-0.1, -0.05) is 0 Å². The molecule has 126 valence electrons. The van der Waals surface area contributed by atoms with Crippen LogP contribution >= 0.6 is 0 Å². The van der Waals surface area contributed by atoms with Crippen molar-refractivity contribution in [3.8, 4) is 0 Å². The van der Waals surface area contributed by atoms with Gasteiger partial charge in [-0.2, -0.15) is 0 Å². The summed E-state index contributed by atoms with van der Waals surface area (Å²) in [7, 11) is 3.60. The summed E-state index contributed by atoms with van der Waals surface area (Å²) in [4.78, 5) is 24.1. The Morgan fingerprint density at radius 3 is 2.74 bits per heavy atom. The third-order valence-electron chi connectivity index (χ3n) is 4.73. The second-order valence-corrected chi connectivity index (χ2v) is 6.68. The van der Waals surface area contributed by atoms with Crippen molar-refractivity contribution >= 4 is 11.9 Å². The SMILES string of the molecule is CN(C)C(=O)CN1CCC2(CC1)C[C@H](Nc1ncccn1)CO2. The van der Waals surface area contributed by atoms with Gasteiger partial charge in [0.1, 0.15) is 0 Å². The molecular weight excluding hydrogens is 294 g/mol. The summed E-state index contributed by atoms with van der Waals surface area (Å²) < 4.78 is 6.13. The number of likely N-dealkylation sites (tertiary alicyclic amines) is 1. The predicted molar refractivity (Wildman–Crippen MR) is 87.1 cm³/mol. The van der Waals surface area contributed by atoms with Crippen molar-refractivity contribution in [2.75, 3.05) is 45.7 Å². The van der Waals surface area contributed by atoms with Gasteiger partial charge in [0.2, 0.25) is 11.9 Å². The standard InChI is InChI=1S/C16H25N5O2/c1-20(2)14(22)11-21-8-4-16(5-9-21)10-13(12-23-16)19-15-17-6-3-7-18-15/h3,6-7,13H,4-5,8-12H2,1-2H3,(H,17,18,19)/t13-/m0/s1. The van der Waals surface area contributed by atoms with Crippen LogP contribution in [0.2, 0.25) is 0 Å². The van der Waals surface area contributed by atoms with E-state index in [0.717, 1.165) is 32.4 Å². The molecule has 3 heterocycles. The van der Waals surface area contributed by atoms with Crippen LogP contribution in [0, 0.1) is 0 Å². The zero-order chi connectivity index (χ0) is 16.3. The number of rotatable bonds is 4. The summed E-state index contributed by atoms with van der Waals surface area (Å²) >= 11 is 0. The lowest BCUT2D eigenvalue weighted by molar-refractivity contribution is -0.131. The highest BCUT2D eigenvalue weighted by molar-refractivity contribution is 5.77. The monoisotopic (exact) mass is 319 g/mol. The largest absolute Gasteiger partial charge is 0.373 e. The lowest BCUT2D eigenvalue weighted by Gasteiger charge is -2.38. The van der Waals surface area contributed by atoms with Crippen LogP contribution in [0.25, 0.3) is 0 Å². The number of likely N-dealkylation sites (N-methyl/N-ethyl adjacent to an activating group) is 1. The highest BCUT2D eigenvalue weighted by Crippen LogP contribution is 2.36. The van der Waals surface area contributed by atoms with Gasteiger partial charge in [-0.15, -0.1) is 0 Å². The molecule has 23 heavy (non-hydrogen) atoms. The van der Waals surface area contributed by atoms with E-state index in [4.69, 9.17) is 4.74 Å². The molecule has 7 heteroatoms. The van der Waals surface area contributed by atoms with Gasteiger partial charge in [0, 0.05) is 39.6 Å². The minimum Gasteiger partial charge on any atom is -0.373 e. The van der Waals surface area contributed by atoms with Gasteiger partial charge in [0.25, 0.3) is 0 Å². The second kappa shape index (κ2) is 6.80. The van der Waals surface area contributed by atoms with E-state index in [9.17, 15) is 4.79 Å². The number of hydrogen-bond acceptors (Lipinski definition) is 6. The molecule has 1 spiro atoms. The zero-order valence-electron chi connectivity index (χ0n) is 13.9. The highest BCUT2D eigenvalue weighted by Gasteiger charge is 2.43. The molecule has 1 amide bonds. The summed E-state index contributed by atoms with van der Waals surface area (Å²) in [5, 5.41) is 3.35. The molecule has 2 saturated heterocycles. The number of anilines is 1. The van der Waals surface area contributed by atoms with E-state index < -0.39 is 0 Å². The third kappa shape index (κ3) is 3.97. The second-order valence-electron chi connectivity index (χ2n) is 6.68. The van der Waals surface area contributed by atoms with Crippen molar-refractivity contribution in [2.24, 2.45) is 0 Å². The maximum Gasteiger partial charge on any atom is 0.236 e. The van der Waals surface area contributed by atoms with E-state index in [1.54, 1.807) is 31.4 Å². The number of piperidine rings is 1. The predicted octanol–water partition coefficient (Wildman–Crippen LogP) is 0.600. The molecule has 1 atom stereocenters. The zero-order valence-corrected chi connectivity index (χ0v) is 13.9. The smallest absolute Gasteiger partial charge is 0.236 e. The highest BCUT2D eigenvalue weighted by atomic mass is 16.5. The maximum absolute atomic E-state index is 11.8. The van der Waals surface area contributed by atoms with E-state index >= 15 is 0 Å². The Morgan fingerprint density at radius 1 is 1.39 bits per heavy atom. The van der Waals surface area contributed by atoms with Crippen LogP contribution in [0.4, 0.5) is 5.95 Å². The quantitative estimate of drug-likeness (QED) is 0.876. The third-order valence-corrected chi connectivity index (χ3v) is 4.73. The van der Waals surface area contributed by atoms with Crippen LogP contribution in [0.1, 0.15) is 19.3 Å². The van der Waals surface area contributed by atoms with E-state index in [1.807, 2.05) is 6.07 Å². The number of ether oxygens (including phenoxy) is 1. The van der Waals surface area contributed by atoms with Crippen LogP contribution in [0.5, 0.6) is 0 Å². The van der Waals surface area contributed by atoms with Crippen LogP contribution in [-0.2, 0) is 9.53 Å². The summed E-state index contributed by atoms with van der Waals surface area (Å²) in [5.74, 6) is 0.821. The van der Waals surface area contributed by atoms with E-state index in [0.29, 0.717) is 19.1 Å². The Morgan fingerprint density at radius 2 is 2.09 bits per heavy atom. The van der Waals surface area contributed by atoms with Crippen LogP contribution in [-0.4, -0.2) is 77.7 Å². The Balaban J connectivity index is 1.48. The number of amides is 1. The van der Waals surface area contributed by atoms with Gasteiger partial charge >= 0.3 is 0 Å². The first-order chi connectivity index (χ1) is 11.1. The van der Waals surface area contributed by atoms with Gasteiger partial charge in [0.15, 0.2) is 0 Å². The Bertz CT molecular complexity index is 529. The first kappa shape index (κ1) is 16.1. The first-order valence-electron chi connectivity index (χ1n) is 8.16. The van der Waals surface area contributed by atoms with E-state index in [2.05, 4.69) is 20.2 Å². The van der Waals surface area contributed by atoms with Crippen molar-refractivity contribution < 1.29 is 9.53 Å².